The van der Waals surface area contributed by atoms with E-state index in [1.54, 1.807) is 0 Å². The van der Waals surface area contributed by atoms with Gasteiger partial charge in [0.1, 0.15) is 18.1 Å². The Bertz CT molecular complexity index is 381. The highest BCUT2D eigenvalue weighted by Gasteiger charge is 2.16. The third kappa shape index (κ3) is 20.1. The Hall–Kier alpha value is -1.83. The Kier molecular flexibility index (Phi) is 19.0. The molecule has 13 N–H and O–H groups in total. The van der Waals surface area contributed by atoms with Crippen LogP contribution in [0, 0.1) is 0 Å². The molecule has 0 aliphatic carbocycles. The monoisotopic (exact) mass is 370 g/mol. The van der Waals surface area contributed by atoms with Crippen LogP contribution in [-0.2, 0) is 14.4 Å². The highest BCUT2D eigenvalue weighted by molar-refractivity contribution is 5.74. The topological polar surface area (TPSA) is 256 Å². The molecule has 25 heavy (non-hydrogen) atoms. The van der Waals surface area contributed by atoms with Crippen LogP contribution in [0.4, 0.5) is 0 Å². The minimum absolute atomic E-state index is 0.505. The second-order valence-electron chi connectivity index (χ2n) is 4.96. The summed E-state index contributed by atoms with van der Waals surface area (Å²) in [5.74, 6) is -3.29. The lowest BCUT2D eigenvalue weighted by atomic mass is 10.1. The Balaban J connectivity index is -0.000000296. The third-order valence-corrected chi connectivity index (χ3v) is 2.61. The van der Waals surface area contributed by atoms with Crippen molar-refractivity contribution in [2.75, 3.05) is 13.2 Å². The number of aliphatic hydroxyl groups excluding tert-OH is 2. The zero-order chi connectivity index (χ0) is 20.6. The molecule has 0 radical (unpaired) electrons. The predicted molar refractivity (Wildman–Crippen MR) is 88.5 cm³/mol. The number of hydrogen-bond donors (Lipinski definition) is 9. The van der Waals surface area contributed by atoms with E-state index in [1.165, 1.54) is 6.92 Å². The van der Waals surface area contributed by atoms with Gasteiger partial charge in [0, 0.05) is 0 Å². The van der Waals surface area contributed by atoms with Gasteiger partial charge in [-0.25, -0.2) is 0 Å². The number of carboxylic acid groups (broad SMARTS) is 3. The summed E-state index contributed by atoms with van der Waals surface area (Å²) < 4.78 is 0. The number of rotatable bonds is 9. The summed E-state index contributed by atoms with van der Waals surface area (Å²) in [6.45, 7) is 1.43. The van der Waals surface area contributed by atoms with E-state index >= 15 is 0 Å². The van der Waals surface area contributed by atoms with Gasteiger partial charge in [0.2, 0.25) is 0 Å². The molecular formula is C13H30N4O8. The smallest absolute Gasteiger partial charge is 0.323 e. The highest BCUT2D eigenvalue weighted by Crippen LogP contribution is 1.96. The van der Waals surface area contributed by atoms with E-state index in [0.717, 1.165) is 12.8 Å². The minimum Gasteiger partial charge on any atom is -0.480 e. The predicted octanol–water partition coefficient (Wildman–Crippen LogP) is -3.30. The van der Waals surface area contributed by atoms with Gasteiger partial charge < -0.3 is 48.5 Å². The molecule has 0 amide bonds. The van der Waals surface area contributed by atoms with Crippen LogP contribution in [0.1, 0.15) is 26.2 Å². The quantitative estimate of drug-likeness (QED) is 0.181. The molecule has 0 saturated carbocycles. The number of carbonyl (C=O) groups is 3. The van der Waals surface area contributed by atoms with Crippen LogP contribution in [0.25, 0.3) is 0 Å². The van der Waals surface area contributed by atoms with Crippen molar-refractivity contribution in [3.8, 4) is 0 Å². The first-order chi connectivity index (χ1) is 11.4. The second-order valence-corrected chi connectivity index (χ2v) is 4.96. The maximum absolute atomic E-state index is 10.1. The molecule has 0 aromatic heterocycles. The largest absolute Gasteiger partial charge is 0.480 e. The summed E-state index contributed by atoms with van der Waals surface area (Å²) in [5.41, 5.74) is 20.1. The number of hydrogen-bond acceptors (Lipinski definition) is 9. The van der Waals surface area contributed by atoms with Gasteiger partial charge >= 0.3 is 17.9 Å². The van der Waals surface area contributed by atoms with E-state index in [0.29, 0.717) is 13.0 Å². The molecule has 0 fully saturated rings. The molecule has 0 rings (SSSR count). The molecule has 150 valence electrons. The van der Waals surface area contributed by atoms with Crippen LogP contribution in [-0.4, -0.2) is 80.8 Å². The summed E-state index contributed by atoms with van der Waals surface area (Å²) >= 11 is 0. The zero-order valence-electron chi connectivity index (χ0n) is 14.1. The molecule has 0 unspecified atom stereocenters. The summed E-state index contributed by atoms with van der Waals surface area (Å²) in [7, 11) is 0. The maximum atomic E-state index is 10.1. The van der Waals surface area contributed by atoms with E-state index in [2.05, 4.69) is 0 Å². The van der Waals surface area contributed by atoms with Crippen molar-refractivity contribution in [1.82, 2.24) is 0 Å². The third-order valence-electron chi connectivity index (χ3n) is 2.61. The maximum Gasteiger partial charge on any atom is 0.323 e. The molecule has 12 nitrogen and oxygen atoms in total. The molecule has 0 bridgehead atoms. The standard InChI is InChI=1S/C6H14N2O2.C4H9NO3.C3H7NO3/c7-4-2-1-3-5(8)6(9)10;1-2(6)3(5)4(7)8;4-2(1-5)3(6)7/h5H,1-4,7-8H2,(H,9,10);2-3,6H,5H2,1H3,(H,7,8);2,5H,1,4H2,(H,6,7)/t5-;2-,3+;2-/m010/s1. The average molecular weight is 370 g/mol. The van der Waals surface area contributed by atoms with Crippen LogP contribution in [0.5, 0.6) is 0 Å². The number of unbranched alkanes of at least 4 members (excludes halogenated alkanes) is 1. The zero-order valence-corrected chi connectivity index (χ0v) is 14.1. The molecule has 4 atom stereocenters. The van der Waals surface area contributed by atoms with Crippen LogP contribution in [0.2, 0.25) is 0 Å². The van der Waals surface area contributed by atoms with Crippen molar-refractivity contribution in [3.05, 3.63) is 0 Å². The Morgan fingerprint density at radius 2 is 1.32 bits per heavy atom. The van der Waals surface area contributed by atoms with E-state index in [1.807, 2.05) is 0 Å². The van der Waals surface area contributed by atoms with Gasteiger partial charge in [0.05, 0.1) is 12.7 Å². The van der Waals surface area contributed by atoms with Gasteiger partial charge in [-0.2, -0.15) is 0 Å². The van der Waals surface area contributed by atoms with Gasteiger partial charge in [-0.05, 0) is 26.3 Å². The number of aliphatic hydroxyl groups is 2. The highest BCUT2D eigenvalue weighted by atomic mass is 16.4. The summed E-state index contributed by atoms with van der Waals surface area (Å²) in [6.07, 6.45) is 1.18. The molecule has 0 spiro atoms. The average Bonchev–Trinajstić information content (AvgIpc) is 2.54. The van der Waals surface area contributed by atoms with E-state index < -0.39 is 48.7 Å². The normalized spacial score (nSPS) is 14.5. The van der Waals surface area contributed by atoms with E-state index in [-0.39, 0.29) is 0 Å². The summed E-state index contributed by atoms with van der Waals surface area (Å²) in [5, 5.41) is 40.8. The number of aliphatic carboxylic acids is 3. The molecule has 0 aliphatic rings. The molecular weight excluding hydrogens is 340 g/mol. The number of nitrogens with two attached hydrogens (primary N) is 4. The van der Waals surface area contributed by atoms with Crippen molar-refractivity contribution < 1.29 is 39.9 Å². The summed E-state index contributed by atoms with van der Waals surface area (Å²) in [6, 6.07) is -3.00. The van der Waals surface area contributed by atoms with Crippen molar-refractivity contribution >= 4 is 17.9 Å². The van der Waals surface area contributed by atoms with Crippen molar-refractivity contribution in [1.29, 1.82) is 0 Å². The van der Waals surface area contributed by atoms with Gasteiger partial charge in [0.15, 0.2) is 0 Å². The minimum atomic E-state index is -1.18. The van der Waals surface area contributed by atoms with Crippen LogP contribution in [0.15, 0.2) is 0 Å². The van der Waals surface area contributed by atoms with Crippen molar-refractivity contribution in [2.24, 2.45) is 22.9 Å². The molecule has 0 saturated heterocycles. The fourth-order valence-electron chi connectivity index (χ4n) is 0.916. The van der Waals surface area contributed by atoms with Gasteiger partial charge in [-0.1, -0.05) is 6.42 Å². The van der Waals surface area contributed by atoms with E-state index in [4.69, 9.17) is 48.5 Å². The van der Waals surface area contributed by atoms with Crippen LogP contribution >= 0.6 is 0 Å². The number of carboxylic acids is 3. The van der Waals surface area contributed by atoms with Crippen molar-refractivity contribution in [2.45, 2.75) is 50.4 Å². The Morgan fingerprint density at radius 1 is 0.880 bits per heavy atom. The molecule has 0 heterocycles. The molecule has 12 heteroatoms. The first-order valence-corrected chi connectivity index (χ1v) is 7.36. The fourth-order valence-corrected chi connectivity index (χ4v) is 0.916. The molecule has 0 aliphatic heterocycles. The van der Waals surface area contributed by atoms with Crippen LogP contribution in [0.3, 0.4) is 0 Å². The van der Waals surface area contributed by atoms with Gasteiger partial charge in [-0.3, -0.25) is 14.4 Å². The second kappa shape index (κ2) is 17.0. The first kappa shape index (κ1) is 28.0. The van der Waals surface area contributed by atoms with Crippen LogP contribution < -0.4 is 22.9 Å². The fraction of sp³-hybridized carbons (Fsp3) is 0.769. The molecule has 0 aromatic carbocycles. The van der Waals surface area contributed by atoms with Gasteiger partial charge in [-0.15, -0.1) is 0 Å². The van der Waals surface area contributed by atoms with Crippen molar-refractivity contribution in [3.63, 3.8) is 0 Å². The Morgan fingerprint density at radius 3 is 1.48 bits per heavy atom. The lowest BCUT2D eigenvalue weighted by Crippen LogP contribution is -2.39. The lowest BCUT2D eigenvalue weighted by Gasteiger charge is -2.06. The SMILES string of the molecule is C[C@@H](O)[C@H](N)C(=O)O.NCCCC[C@H](N)C(=O)O.N[C@@H](CO)C(=O)O. The Labute approximate surface area is 145 Å². The lowest BCUT2D eigenvalue weighted by molar-refractivity contribution is -0.141. The van der Waals surface area contributed by atoms with E-state index in [9.17, 15) is 14.4 Å². The van der Waals surface area contributed by atoms with Gasteiger partial charge in [0.25, 0.3) is 0 Å². The molecule has 0 aromatic rings. The first-order valence-electron chi connectivity index (χ1n) is 7.36. The summed E-state index contributed by atoms with van der Waals surface area (Å²) in [4.78, 5) is 29.6.